The number of halogens is 1. The quantitative estimate of drug-likeness (QED) is 0.644. The largest absolute Gasteiger partial charge is 0.455 e. The zero-order valence-corrected chi connectivity index (χ0v) is 18.1. The molecule has 0 unspecified atom stereocenters. The average molecular weight is 425 g/mol. The van der Waals surface area contributed by atoms with E-state index in [0.717, 1.165) is 72.2 Å². The highest BCUT2D eigenvalue weighted by atomic mass is 35.5. The van der Waals surface area contributed by atoms with Gasteiger partial charge in [0.1, 0.15) is 5.76 Å². The number of hydrogen-bond acceptors (Lipinski definition) is 4. The number of aromatic nitrogens is 2. The summed E-state index contributed by atoms with van der Waals surface area (Å²) in [5.41, 5.74) is 5.22. The van der Waals surface area contributed by atoms with Crippen LogP contribution in [0.15, 0.2) is 34.9 Å². The first-order valence-electron chi connectivity index (χ1n) is 10.4. The Labute approximate surface area is 181 Å². The Hall–Kier alpha value is -2.57. The molecule has 0 N–H and O–H groups in total. The highest BCUT2D eigenvalue weighted by molar-refractivity contribution is 6.30. The molecule has 3 heterocycles. The van der Waals surface area contributed by atoms with Crippen LogP contribution in [0.3, 0.4) is 0 Å². The van der Waals surface area contributed by atoms with Crippen molar-refractivity contribution in [2.75, 3.05) is 33.2 Å². The molecule has 0 saturated carbocycles. The van der Waals surface area contributed by atoms with Gasteiger partial charge in [0.15, 0.2) is 5.76 Å². The maximum absolute atomic E-state index is 13.1. The summed E-state index contributed by atoms with van der Waals surface area (Å²) in [5.74, 6) is 1.36. The Bertz CT molecular complexity index is 1090. The van der Waals surface area contributed by atoms with Crippen LogP contribution in [0.1, 0.15) is 33.0 Å². The number of likely N-dealkylation sites (N-methyl/N-ethyl adjacent to an activating group) is 1. The summed E-state index contributed by atoms with van der Waals surface area (Å²) in [6.45, 7) is 5.93. The maximum Gasteiger partial charge on any atom is 0.289 e. The molecule has 30 heavy (non-hydrogen) atoms. The van der Waals surface area contributed by atoms with Crippen molar-refractivity contribution < 1.29 is 9.21 Å². The lowest BCUT2D eigenvalue weighted by Gasteiger charge is -2.31. The molecule has 1 amide bonds. The Balaban J connectivity index is 1.43. The molecule has 156 valence electrons. The Kier molecular flexibility index (Phi) is 4.91. The highest BCUT2D eigenvalue weighted by Crippen LogP contribution is 2.38. The van der Waals surface area contributed by atoms with Gasteiger partial charge in [-0.1, -0.05) is 23.7 Å². The van der Waals surface area contributed by atoms with Crippen LogP contribution in [-0.4, -0.2) is 58.7 Å². The lowest BCUT2D eigenvalue weighted by molar-refractivity contribution is 0.0629. The summed E-state index contributed by atoms with van der Waals surface area (Å²) in [6, 6.07) is 7.83. The minimum Gasteiger partial charge on any atom is -0.455 e. The molecule has 0 atom stereocenters. The third-order valence-corrected chi connectivity index (χ3v) is 6.41. The van der Waals surface area contributed by atoms with Gasteiger partial charge in [-0.15, -0.1) is 0 Å². The minimum atomic E-state index is -0.00264. The minimum absolute atomic E-state index is 0.00264. The van der Waals surface area contributed by atoms with Crippen LogP contribution < -0.4 is 0 Å². The van der Waals surface area contributed by atoms with Crippen molar-refractivity contribution in [3.05, 3.63) is 63.7 Å². The number of hydrogen-bond donors (Lipinski definition) is 0. The molecule has 6 nitrogen and oxygen atoms in total. The topological polar surface area (TPSA) is 54.5 Å². The van der Waals surface area contributed by atoms with E-state index in [4.69, 9.17) is 21.1 Å². The second-order valence-corrected chi connectivity index (χ2v) is 8.71. The molecule has 1 aromatic carbocycles. The third-order valence-electron chi connectivity index (χ3n) is 6.16. The van der Waals surface area contributed by atoms with E-state index in [2.05, 4.69) is 18.1 Å². The van der Waals surface area contributed by atoms with Crippen molar-refractivity contribution in [1.29, 1.82) is 0 Å². The number of furan rings is 1. The molecule has 2 aliphatic rings. The first-order chi connectivity index (χ1) is 14.5. The summed E-state index contributed by atoms with van der Waals surface area (Å²) in [6.07, 6.45) is 3.78. The first-order valence-corrected chi connectivity index (χ1v) is 10.8. The van der Waals surface area contributed by atoms with Crippen molar-refractivity contribution in [1.82, 2.24) is 19.6 Å². The van der Waals surface area contributed by atoms with Gasteiger partial charge in [0, 0.05) is 54.9 Å². The van der Waals surface area contributed by atoms with Crippen molar-refractivity contribution in [3.8, 4) is 11.3 Å². The van der Waals surface area contributed by atoms with Crippen molar-refractivity contribution in [3.63, 3.8) is 0 Å². The summed E-state index contributed by atoms with van der Waals surface area (Å²) >= 11 is 6.00. The summed E-state index contributed by atoms with van der Waals surface area (Å²) < 4.78 is 8.08. The number of carbonyl (C=O) groups is 1. The summed E-state index contributed by atoms with van der Waals surface area (Å²) in [7, 11) is 2.08. The van der Waals surface area contributed by atoms with Gasteiger partial charge in [-0.3, -0.25) is 9.48 Å². The van der Waals surface area contributed by atoms with E-state index in [1.165, 1.54) is 5.56 Å². The van der Waals surface area contributed by atoms with E-state index in [1.54, 1.807) is 0 Å². The number of amides is 1. The van der Waals surface area contributed by atoms with E-state index >= 15 is 0 Å². The predicted octanol–water partition coefficient (Wildman–Crippen LogP) is 3.64. The van der Waals surface area contributed by atoms with Gasteiger partial charge in [-0.05, 0) is 43.7 Å². The molecule has 7 heteroatoms. The number of aryl methyl sites for hydroxylation is 2. The zero-order valence-electron chi connectivity index (χ0n) is 17.3. The van der Waals surface area contributed by atoms with Gasteiger partial charge < -0.3 is 14.2 Å². The van der Waals surface area contributed by atoms with E-state index in [1.807, 2.05) is 40.8 Å². The lowest BCUT2D eigenvalue weighted by atomic mass is 9.93. The molecular formula is C23H25ClN4O2. The van der Waals surface area contributed by atoms with Gasteiger partial charge >= 0.3 is 0 Å². The molecule has 0 spiro atoms. The summed E-state index contributed by atoms with van der Waals surface area (Å²) in [5, 5.41) is 5.59. The van der Waals surface area contributed by atoms with Crippen LogP contribution in [0.5, 0.6) is 0 Å². The highest BCUT2D eigenvalue weighted by Gasteiger charge is 2.32. The molecule has 0 radical (unpaired) electrons. The second kappa shape index (κ2) is 7.60. The fraction of sp³-hybridized carbons (Fsp3) is 0.391. The van der Waals surface area contributed by atoms with Crippen LogP contribution in [0.2, 0.25) is 5.02 Å². The van der Waals surface area contributed by atoms with E-state index < -0.39 is 0 Å². The van der Waals surface area contributed by atoms with Gasteiger partial charge in [0.05, 0.1) is 12.2 Å². The van der Waals surface area contributed by atoms with Crippen molar-refractivity contribution >= 4 is 17.5 Å². The normalized spacial score (nSPS) is 16.4. The van der Waals surface area contributed by atoms with Gasteiger partial charge in [-0.2, -0.15) is 5.10 Å². The standard InChI is InChI=1S/C23H25ClN4O2/c1-15-20-19(30-22(15)23(29)27-11-9-26(2)10-12-27)8-5-17-14-28(25-21(17)20)13-16-3-6-18(24)7-4-16/h3-4,6-7,14H,5,8-13H2,1-2H3. The van der Waals surface area contributed by atoms with E-state index in [-0.39, 0.29) is 5.91 Å². The fourth-order valence-corrected chi connectivity index (χ4v) is 4.50. The van der Waals surface area contributed by atoms with Gasteiger partial charge in [0.25, 0.3) is 5.91 Å². The average Bonchev–Trinajstić information content (AvgIpc) is 3.30. The van der Waals surface area contributed by atoms with Crippen LogP contribution in [0.4, 0.5) is 0 Å². The Morgan fingerprint density at radius 1 is 1.13 bits per heavy atom. The first kappa shape index (κ1) is 19.4. The predicted molar refractivity (Wildman–Crippen MR) is 116 cm³/mol. The molecule has 1 aliphatic heterocycles. The molecule has 2 aromatic heterocycles. The SMILES string of the molecule is Cc1c(C(=O)N2CCN(C)CC2)oc2c1-c1nn(Cc3ccc(Cl)cc3)cc1CC2. The van der Waals surface area contributed by atoms with E-state index in [9.17, 15) is 4.79 Å². The number of carbonyl (C=O) groups excluding carboxylic acids is 1. The monoisotopic (exact) mass is 424 g/mol. The lowest BCUT2D eigenvalue weighted by Crippen LogP contribution is -2.47. The van der Waals surface area contributed by atoms with Crippen molar-refractivity contribution in [2.45, 2.75) is 26.3 Å². The molecule has 3 aromatic rings. The fourth-order valence-electron chi connectivity index (χ4n) is 4.38. The number of benzene rings is 1. The summed E-state index contributed by atoms with van der Waals surface area (Å²) in [4.78, 5) is 17.2. The van der Waals surface area contributed by atoms with Gasteiger partial charge in [-0.25, -0.2) is 0 Å². The Morgan fingerprint density at radius 2 is 1.87 bits per heavy atom. The molecule has 1 aliphatic carbocycles. The maximum atomic E-state index is 13.1. The van der Waals surface area contributed by atoms with E-state index in [0.29, 0.717) is 12.3 Å². The molecule has 0 bridgehead atoms. The second-order valence-electron chi connectivity index (χ2n) is 8.28. The number of rotatable bonds is 3. The molecular weight excluding hydrogens is 400 g/mol. The number of piperazine rings is 1. The smallest absolute Gasteiger partial charge is 0.289 e. The molecule has 1 fully saturated rings. The van der Waals surface area contributed by atoms with Crippen LogP contribution >= 0.6 is 11.6 Å². The van der Waals surface area contributed by atoms with Gasteiger partial charge in [0.2, 0.25) is 0 Å². The Morgan fingerprint density at radius 3 is 2.60 bits per heavy atom. The molecule has 1 saturated heterocycles. The molecule has 5 rings (SSSR count). The zero-order chi connectivity index (χ0) is 20.8. The van der Waals surface area contributed by atoms with Crippen LogP contribution in [0.25, 0.3) is 11.3 Å². The number of fused-ring (bicyclic) bond motifs is 3. The van der Waals surface area contributed by atoms with Crippen LogP contribution in [0, 0.1) is 6.92 Å². The van der Waals surface area contributed by atoms with Crippen LogP contribution in [-0.2, 0) is 19.4 Å². The number of nitrogens with zero attached hydrogens (tertiary/aromatic N) is 4. The third kappa shape index (κ3) is 3.44. The van der Waals surface area contributed by atoms with Crippen molar-refractivity contribution in [2.24, 2.45) is 0 Å².